The second-order valence-corrected chi connectivity index (χ2v) is 5.72. The van der Waals surface area contributed by atoms with Gasteiger partial charge in [-0.3, -0.25) is 0 Å². The highest BCUT2D eigenvalue weighted by molar-refractivity contribution is 7.15. The van der Waals surface area contributed by atoms with Gasteiger partial charge in [0.15, 0.2) is 0 Å². The molecule has 0 bridgehead atoms. The van der Waals surface area contributed by atoms with Gasteiger partial charge in [0.25, 0.3) is 0 Å². The van der Waals surface area contributed by atoms with Gasteiger partial charge in [-0.2, -0.15) is 13.2 Å². The monoisotopic (exact) mass is 316 g/mol. The SMILES string of the molecule is CN[C@@H](Cc1cccc(C(F)(F)F)c1)Cc1nnc(N)s1. The third kappa shape index (κ3) is 4.40. The summed E-state index contributed by atoms with van der Waals surface area (Å²) in [4.78, 5) is 0. The Morgan fingerprint density at radius 2 is 2.05 bits per heavy atom. The Morgan fingerprint density at radius 3 is 2.62 bits per heavy atom. The van der Waals surface area contributed by atoms with E-state index in [0.717, 1.165) is 11.1 Å². The number of nitrogen functional groups attached to an aromatic ring is 1. The van der Waals surface area contributed by atoms with E-state index >= 15 is 0 Å². The maximum absolute atomic E-state index is 12.7. The first-order chi connectivity index (χ1) is 9.88. The lowest BCUT2D eigenvalue weighted by Gasteiger charge is -2.15. The molecular weight excluding hydrogens is 301 g/mol. The van der Waals surface area contributed by atoms with E-state index in [4.69, 9.17) is 5.73 Å². The normalized spacial score (nSPS) is 13.3. The van der Waals surface area contributed by atoms with Crippen molar-refractivity contribution in [3.05, 3.63) is 40.4 Å². The van der Waals surface area contributed by atoms with Crippen LogP contribution >= 0.6 is 11.3 Å². The van der Waals surface area contributed by atoms with Crippen LogP contribution < -0.4 is 11.1 Å². The van der Waals surface area contributed by atoms with Gasteiger partial charge in [-0.25, -0.2) is 0 Å². The Labute approximate surface area is 124 Å². The van der Waals surface area contributed by atoms with Crippen LogP contribution in [0.5, 0.6) is 0 Å². The first-order valence-corrected chi connectivity index (χ1v) is 7.11. The zero-order chi connectivity index (χ0) is 15.5. The molecule has 3 N–H and O–H groups in total. The first-order valence-electron chi connectivity index (χ1n) is 6.29. The van der Waals surface area contributed by atoms with Crippen LogP contribution in [0.25, 0.3) is 0 Å². The van der Waals surface area contributed by atoms with Crippen molar-refractivity contribution in [1.29, 1.82) is 0 Å². The van der Waals surface area contributed by atoms with Crippen LogP contribution in [0.15, 0.2) is 24.3 Å². The summed E-state index contributed by atoms with van der Waals surface area (Å²) in [5.41, 5.74) is 5.51. The van der Waals surface area contributed by atoms with E-state index in [1.807, 2.05) is 0 Å². The number of anilines is 1. The van der Waals surface area contributed by atoms with Crippen LogP contribution in [0.1, 0.15) is 16.1 Å². The van der Waals surface area contributed by atoms with Gasteiger partial charge >= 0.3 is 6.18 Å². The van der Waals surface area contributed by atoms with E-state index in [0.29, 0.717) is 23.5 Å². The van der Waals surface area contributed by atoms with Gasteiger partial charge in [0.1, 0.15) is 5.01 Å². The molecule has 114 valence electrons. The van der Waals surface area contributed by atoms with E-state index in [-0.39, 0.29) is 6.04 Å². The van der Waals surface area contributed by atoms with Crippen molar-refractivity contribution < 1.29 is 13.2 Å². The Balaban J connectivity index is 2.08. The lowest BCUT2D eigenvalue weighted by atomic mass is 10.0. The summed E-state index contributed by atoms with van der Waals surface area (Å²) in [5.74, 6) is 0. The van der Waals surface area contributed by atoms with Gasteiger partial charge in [0.05, 0.1) is 5.56 Å². The molecule has 1 atom stereocenters. The number of benzene rings is 1. The molecule has 0 amide bonds. The Hall–Kier alpha value is -1.67. The molecule has 0 aliphatic carbocycles. The van der Waals surface area contributed by atoms with Crippen molar-refractivity contribution in [2.75, 3.05) is 12.8 Å². The third-order valence-electron chi connectivity index (χ3n) is 3.05. The molecule has 0 aliphatic rings. The molecule has 2 aromatic rings. The Kier molecular flexibility index (Phi) is 4.79. The molecule has 1 aromatic heterocycles. The summed E-state index contributed by atoms with van der Waals surface area (Å²) in [6.07, 6.45) is -3.28. The van der Waals surface area contributed by atoms with Gasteiger partial charge in [0.2, 0.25) is 5.13 Å². The van der Waals surface area contributed by atoms with E-state index < -0.39 is 11.7 Å². The maximum atomic E-state index is 12.7. The molecule has 1 aromatic carbocycles. The van der Waals surface area contributed by atoms with E-state index in [1.165, 1.54) is 23.5 Å². The van der Waals surface area contributed by atoms with Gasteiger partial charge in [-0.15, -0.1) is 10.2 Å². The first kappa shape index (κ1) is 15.7. The minimum Gasteiger partial charge on any atom is -0.374 e. The fourth-order valence-corrected chi connectivity index (χ4v) is 2.68. The zero-order valence-electron chi connectivity index (χ0n) is 11.3. The zero-order valence-corrected chi connectivity index (χ0v) is 12.1. The molecule has 21 heavy (non-hydrogen) atoms. The number of rotatable bonds is 5. The molecular formula is C13H15F3N4S. The number of hydrogen-bond donors (Lipinski definition) is 2. The smallest absolute Gasteiger partial charge is 0.374 e. The lowest BCUT2D eigenvalue weighted by Crippen LogP contribution is -2.30. The molecule has 0 radical (unpaired) electrons. The molecule has 0 saturated carbocycles. The van der Waals surface area contributed by atoms with Crippen molar-refractivity contribution in [3.8, 4) is 0 Å². The molecule has 0 unspecified atom stereocenters. The minimum absolute atomic E-state index is 0.0270. The maximum Gasteiger partial charge on any atom is 0.416 e. The molecule has 8 heteroatoms. The molecule has 0 fully saturated rings. The minimum atomic E-state index is -4.32. The Morgan fingerprint density at radius 1 is 1.29 bits per heavy atom. The van der Waals surface area contributed by atoms with Crippen LogP contribution in [-0.4, -0.2) is 23.3 Å². The highest BCUT2D eigenvalue weighted by atomic mass is 32.1. The average molecular weight is 316 g/mol. The summed E-state index contributed by atoms with van der Waals surface area (Å²) >= 11 is 1.28. The van der Waals surface area contributed by atoms with Gasteiger partial charge in [-0.05, 0) is 25.1 Å². The highest BCUT2D eigenvalue weighted by Gasteiger charge is 2.30. The number of nitrogens with two attached hydrogens (primary N) is 1. The van der Waals surface area contributed by atoms with Crippen LogP contribution in [0.3, 0.4) is 0 Å². The van der Waals surface area contributed by atoms with Gasteiger partial charge < -0.3 is 11.1 Å². The number of hydrogen-bond acceptors (Lipinski definition) is 5. The summed E-state index contributed by atoms with van der Waals surface area (Å²) in [6, 6.07) is 5.34. The lowest BCUT2D eigenvalue weighted by molar-refractivity contribution is -0.137. The molecule has 1 heterocycles. The Bertz CT molecular complexity index is 597. The molecule has 0 saturated heterocycles. The van der Waals surface area contributed by atoms with Crippen molar-refractivity contribution in [3.63, 3.8) is 0 Å². The average Bonchev–Trinajstić information content (AvgIpc) is 2.83. The predicted octanol–water partition coefficient (Wildman–Crippen LogP) is 2.51. The third-order valence-corrected chi connectivity index (χ3v) is 3.82. The fraction of sp³-hybridized carbons (Fsp3) is 0.385. The number of nitrogens with one attached hydrogen (secondary N) is 1. The van der Waals surface area contributed by atoms with Crippen molar-refractivity contribution in [2.24, 2.45) is 0 Å². The van der Waals surface area contributed by atoms with Gasteiger partial charge in [0, 0.05) is 12.5 Å². The van der Waals surface area contributed by atoms with Crippen LogP contribution in [0.4, 0.5) is 18.3 Å². The largest absolute Gasteiger partial charge is 0.416 e. The highest BCUT2D eigenvalue weighted by Crippen LogP contribution is 2.29. The van der Waals surface area contributed by atoms with E-state index in [1.54, 1.807) is 13.1 Å². The number of aromatic nitrogens is 2. The fourth-order valence-electron chi connectivity index (χ4n) is 2.00. The molecule has 0 spiro atoms. The topological polar surface area (TPSA) is 63.8 Å². The van der Waals surface area contributed by atoms with Crippen molar-refractivity contribution in [1.82, 2.24) is 15.5 Å². The predicted molar refractivity (Wildman–Crippen MR) is 76.0 cm³/mol. The summed E-state index contributed by atoms with van der Waals surface area (Å²) in [6.45, 7) is 0. The van der Waals surface area contributed by atoms with E-state index in [9.17, 15) is 13.2 Å². The quantitative estimate of drug-likeness (QED) is 0.890. The van der Waals surface area contributed by atoms with Crippen LogP contribution in [0.2, 0.25) is 0 Å². The van der Waals surface area contributed by atoms with Gasteiger partial charge in [-0.1, -0.05) is 29.5 Å². The number of nitrogens with zero attached hydrogens (tertiary/aromatic N) is 2. The standard InChI is InChI=1S/C13H15F3N4S/c1-18-10(7-11-19-20-12(17)21-11)6-8-3-2-4-9(5-8)13(14,15)16/h2-5,10,18H,6-7H2,1H3,(H2,17,20)/t10-/m0/s1. The molecule has 2 rings (SSSR count). The van der Waals surface area contributed by atoms with Crippen molar-refractivity contribution >= 4 is 16.5 Å². The number of alkyl halides is 3. The molecule has 4 nitrogen and oxygen atoms in total. The second kappa shape index (κ2) is 6.40. The van der Waals surface area contributed by atoms with E-state index in [2.05, 4.69) is 15.5 Å². The van der Waals surface area contributed by atoms with Crippen molar-refractivity contribution in [2.45, 2.75) is 25.1 Å². The summed E-state index contributed by atoms with van der Waals surface area (Å²) in [7, 11) is 1.77. The number of likely N-dealkylation sites (N-methyl/N-ethyl adjacent to an activating group) is 1. The summed E-state index contributed by atoms with van der Waals surface area (Å²) < 4.78 is 38.1. The second-order valence-electron chi connectivity index (χ2n) is 4.63. The molecule has 0 aliphatic heterocycles. The summed E-state index contributed by atoms with van der Waals surface area (Å²) in [5, 5.41) is 11.9. The van der Waals surface area contributed by atoms with Crippen LogP contribution in [-0.2, 0) is 19.0 Å². The number of halogens is 3. The van der Waals surface area contributed by atoms with Crippen LogP contribution in [0, 0.1) is 0 Å².